The third-order valence-corrected chi connectivity index (χ3v) is 4.14. The van der Waals surface area contributed by atoms with E-state index in [1.54, 1.807) is 24.9 Å². The number of benzene rings is 2. The molecule has 120 valence electrons. The second kappa shape index (κ2) is 8.19. The molecule has 1 amide bonds. The van der Waals surface area contributed by atoms with Gasteiger partial charge in [-0.15, -0.1) is 11.8 Å². The van der Waals surface area contributed by atoms with E-state index in [0.29, 0.717) is 12.2 Å². The molecule has 0 aliphatic carbocycles. The topological polar surface area (TPSA) is 84.3 Å². The van der Waals surface area contributed by atoms with Crippen molar-refractivity contribution in [2.24, 2.45) is 0 Å². The van der Waals surface area contributed by atoms with Gasteiger partial charge in [-0.1, -0.05) is 18.2 Å². The van der Waals surface area contributed by atoms with E-state index in [2.05, 4.69) is 10.6 Å². The van der Waals surface area contributed by atoms with Crippen LogP contribution < -0.4 is 10.6 Å². The average Bonchev–Trinajstić information content (AvgIpc) is 2.58. The fourth-order valence-corrected chi connectivity index (χ4v) is 2.78. The van der Waals surface area contributed by atoms with Gasteiger partial charge in [-0.05, 0) is 24.3 Å². The molecule has 0 saturated heterocycles. The van der Waals surface area contributed by atoms with E-state index in [4.69, 9.17) is 0 Å². The lowest BCUT2D eigenvalue weighted by Gasteiger charge is -2.07. The second-order valence-corrected chi connectivity index (χ2v) is 5.82. The number of hydrogen-bond donors (Lipinski definition) is 2. The molecule has 0 heterocycles. The molecule has 0 radical (unpaired) electrons. The minimum atomic E-state index is -0.506. The van der Waals surface area contributed by atoms with Crippen molar-refractivity contribution >= 4 is 29.0 Å². The van der Waals surface area contributed by atoms with Crippen LogP contribution in [0.15, 0.2) is 53.4 Å². The van der Waals surface area contributed by atoms with Crippen molar-refractivity contribution in [2.75, 3.05) is 24.7 Å². The van der Waals surface area contributed by atoms with Crippen molar-refractivity contribution in [3.05, 3.63) is 64.2 Å². The van der Waals surface area contributed by atoms with E-state index in [-0.39, 0.29) is 17.2 Å². The van der Waals surface area contributed by atoms with Crippen LogP contribution in [0.4, 0.5) is 11.4 Å². The molecule has 2 aromatic rings. The minimum Gasteiger partial charge on any atom is -0.383 e. The molecule has 2 N–H and O–H groups in total. The zero-order valence-electron chi connectivity index (χ0n) is 12.6. The number of nitrogens with zero attached hydrogens (tertiary/aromatic N) is 1. The maximum atomic E-state index is 12.1. The molecule has 0 fully saturated rings. The van der Waals surface area contributed by atoms with Crippen LogP contribution >= 0.6 is 11.8 Å². The predicted molar refractivity (Wildman–Crippen MR) is 92.1 cm³/mol. The number of nitrogens with one attached hydrogen (secondary N) is 2. The van der Waals surface area contributed by atoms with Gasteiger partial charge < -0.3 is 10.6 Å². The summed E-state index contributed by atoms with van der Waals surface area (Å²) in [7, 11) is 1.60. The summed E-state index contributed by atoms with van der Waals surface area (Å²) in [6.45, 7) is 0.486. The van der Waals surface area contributed by atoms with Crippen molar-refractivity contribution in [1.82, 2.24) is 5.32 Å². The fourth-order valence-electron chi connectivity index (χ4n) is 1.99. The van der Waals surface area contributed by atoms with Gasteiger partial charge in [0.25, 0.3) is 11.6 Å². The summed E-state index contributed by atoms with van der Waals surface area (Å²) >= 11 is 1.64. The number of nitro benzene ring substituents is 1. The van der Waals surface area contributed by atoms with Gasteiger partial charge in [0.2, 0.25) is 0 Å². The third kappa shape index (κ3) is 4.72. The third-order valence-electron chi connectivity index (χ3n) is 3.13. The summed E-state index contributed by atoms with van der Waals surface area (Å²) in [4.78, 5) is 23.7. The van der Waals surface area contributed by atoms with Gasteiger partial charge in [-0.25, -0.2) is 0 Å². The number of anilines is 1. The number of amides is 1. The zero-order chi connectivity index (χ0) is 16.7. The van der Waals surface area contributed by atoms with Crippen molar-refractivity contribution < 1.29 is 9.72 Å². The first-order chi connectivity index (χ1) is 11.1. The van der Waals surface area contributed by atoms with E-state index in [0.717, 1.165) is 10.6 Å². The largest absolute Gasteiger partial charge is 0.383 e. The molecule has 0 spiro atoms. The van der Waals surface area contributed by atoms with Gasteiger partial charge in [0.15, 0.2) is 0 Å². The highest BCUT2D eigenvalue weighted by Crippen LogP contribution is 2.25. The van der Waals surface area contributed by atoms with Gasteiger partial charge in [-0.3, -0.25) is 14.9 Å². The van der Waals surface area contributed by atoms with E-state index < -0.39 is 4.92 Å². The summed E-state index contributed by atoms with van der Waals surface area (Å²) in [6, 6.07) is 14.3. The Balaban J connectivity index is 1.90. The number of nitro groups is 1. The van der Waals surface area contributed by atoms with Crippen LogP contribution in [0, 0.1) is 10.1 Å². The molecule has 0 atom stereocenters. The molecule has 2 rings (SSSR count). The normalized spacial score (nSPS) is 10.1. The van der Waals surface area contributed by atoms with Crippen molar-refractivity contribution in [2.45, 2.75) is 4.90 Å². The summed E-state index contributed by atoms with van der Waals surface area (Å²) in [5, 5.41) is 16.5. The second-order valence-electron chi connectivity index (χ2n) is 4.66. The first-order valence-corrected chi connectivity index (χ1v) is 8.02. The maximum Gasteiger partial charge on any atom is 0.293 e. The molecule has 0 aliphatic heterocycles. The maximum absolute atomic E-state index is 12.1. The van der Waals surface area contributed by atoms with E-state index in [1.807, 2.05) is 30.3 Å². The van der Waals surface area contributed by atoms with Gasteiger partial charge in [-0.2, -0.15) is 0 Å². The predicted octanol–water partition coefficient (Wildman–Crippen LogP) is 3.16. The first kappa shape index (κ1) is 16.8. The summed E-state index contributed by atoms with van der Waals surface area (Å²) < 4.78 is 0. The zero-order valence-corrected chi connectivity index (χ0v) is 13.4. The number of carbonyl (C=O) groups is 1. The molecule has 0 aliphatic rings. The highest BCUT2D eigenvalue weighted by Gasteiger charge is 2.16. The van der Waals surface area contributed by atoms with Crippen molar-refractivity contribution in [1.29, 1.82) is 0 Å². The monoisotopic (exact) mass is 331 g/mol. The average molecular weight is 331 g/mol. The van der Waals surface area contributed by atoms with E-state index in [1.165, 1.54) is 12.1 Å². The van der Waals surface area contributed by atoms with Gasteiger partial charge in [0, 0.05) is 35.9 Å². The van der Waals surface area contributed by atoms with Crippen molar-refractivity contribution in [3.8, 4) is 0 Å². The Kier molecular flexibility index (Phi) is 5.99. The molecule has 0 unspecified atom stereocenters. The minimum absolute atomic E-state index is 0.112. The lowest BCUT2D eigenvalue weighted by Crippen LogP contribution is -2.25. The fraction of sp³-hybridized carbons (Fsp3) is 0.188. The Morgan fingerprint density at radius 3 is 2.61 bits per heavy atom. The Bertz CT molecular complexity index is 692. The van der Waals surface area contributed by atoms with Gasteiger partial charge in [0.05, 0.1) is 4.92 Å². The lowest BCUT2D eigenvalue weighted by atomic mass is 10.1. The van der Waals surface area contributed by atoms with Crippen LogP contribution in [0.5, 0.6) is 0 Å². The van der Waals surface area contributed by atoms with Crippen LogP contribution in [0.2, 0.25) is 0 Å². The van der Waals surface area contributed by atoms with Crippen LogP contribution in [0.1, 0.15) is 10.4 Å². The molecule has 0 bridgehead atoms. The number of thioether (sulfide) groups is 1. The molecule has 6 nitrogen and oxygen atoms in total. The Morgan fingerprint density at radius 2 is 1.96 bits per heavy atom. The lowest BCUT2D eigenvalue weighted by molar-refractivity contribution is -0.384. The number of hydrogen-bond acceptors (Lipinski definition) is 5. The quantitative estimate of drug-likeness (QED) is 0.352. The van der Waals surface area contributed by atoms with Gasteiger partial charge in [0.1, 0.15) is 5.69 Å². The van der Waals surface area contributed by atoms with Crippen molar-refractivity contribution in [3.63, 3.8) is 0 Å². The molecule has 7 heteroatoms. The van der Waals surface area contributed by atoms with E-state index in [9.17, 15) is 14.9 Å². The Hall–Kier alpha value is -2.54. The van der Waals surface area contributed by atoms with Crippen LogP contribution in [-0.4, -0.2) is 30.2 Å². The molecule has 2 aromatic carbocycles. The van der Waals surface area contributed by atoms with Gasteiger partial charge >= 0.3 is 0 Å². The SMILES string of the molecule is CNc1ccc(C(=O)NCCSc2ccccc2)cc1[N+](=O)[O-]. The molecular weight excluding hydrogens is 314 g/mol. The first-order valence-electron chi connectivity index (χ1n) is 7.04. The number of rotatable bonds is 7. The summed E-state index contributed by atoms with van der Waals surface area (Å²) in [6.07, 6.45) is 0. The molecular formula is C16H17N3O3S. The smallest absolute Gasteiger partial charge is 0.293 e. The summed E-state index contributed by atoms with van der Waals surface area (Å²) in [5.74, 6) is 0.413. The number of carbonyl (C=O) groups excluding carboxylic acids is 1. The van der Waals surface area contributed by atoms with Crippen LogP contribution in [0.3, 0.4) is 0 Å². The Labute approximate surface area is 138 Å². The van der Waals surface area contributed by atoms with Crippen LogP contribution in [-0.2, 0) is 0 Å². The van der Waals surface area contributed by atoms with E-state index >= 15 is 0 Å². The molecule has 0 aromatic heterocycles. The molecule has 23 heavy (non-hydrogen) atoms. The Morgan fingerprint density at radius 1 is 1.22 bits per heavy atom. The molecule has 0 saturated carbocycles. The standard InChI is InChI=1S/C16H17N3O3S/c1-17-14-8-7-12(11-15(14)19(21)22)16(20)18-9-10-23-13-5-3-2-4-6-13/h2-8,11,17H,9-10H2,1H3,(H,18,20). The van der Waals surface area contributed by atoms with Crippen LogP contribution in [0.25, 0.3) is 0 Å². The summed E-state index contributed by atoms with van der Waals surface area (Å²) in [5.41, 5.74) is 0.547. The highest BCUT2D eigenvalue weighted by molar-refractivity contribution is 7.99. The highest BCUT2D eigenvalue weighted by atomic mass is 32.2.